The van der Waals surface area contributed by atoms with Gasteiger partial charge in [0, 0.05) is 31.3 Å². The molecule has 2 heterocycles. The lowest BCUT2D eigenvalue weighted by Crippen LogP contribution is -2.31. The van der Waals surface area contributed by atoms with Crippen molar-refractivity contribution in [1.82, 2.24) is 14.7 Å². The van der Waals surface area contributed by atoms with E-state index in [4.69, 9.17) is 0 Å². The Hall–Kier alpha value is -1.84. The molecule has 0 aromatic carbocycles. The highest BCUT2D eigenvalue weighted by Gasteiger charge is 2.13. The monoisotopic (exact) mass is 273 g/mol. The summed E-state index contributed by atoms with van der Waals surface area (Å²) in [6.07, 6.45) is 6.61. The Morgan fingerprint density at radius 3 is 2.85 bits per heavy atom. The molecule has 0 bridgehead atoms. The minimum absolute atomic E-state index is 0.138. The van der Waals surface area contributed by atoms with Gasteiger partial charge in [0.1, 0.15) is 5.65 Å². The van der Waals surface area contributed by atoms with Crippen molar-refractivity contribution in [2.75, 3.05) is 6.54 Å². The van der Waals surface area contributed by atoms with Crippen LogP contribution in [-0.4, -0.2) is 21.8 Å². The Bertz CT molecular complexity index is 584. The first kappa shape index (κ1) is 14.6. The van der Waals surface area contributed by atoms with Gasteiger partial charge in [-0.3, -0.25) is 4.79 Å². The third-order valence-corrected chi connectivity index (χ3v) is 3.70. The van der Waals surface area contributed by atoms with Gasteiger partial charge in [0.15, 0.2) is 0 Å². The minimum atomic E-state index is 0.138. The van der Waals surface area contributed by atoms with Crippen LogP contribution in [0.2, 0.25) is 0 Å². The van der Waals surface area contributed by atoms with E-state index in [0.717, 1.165) is 30.6 Å². The van der Waals surface area contributed by atoms with Gasteiger partial charge in [-0.15, -0.1) is 0 Å². The number of hydrogen-bond acceptors (Lipinski definition) is 2. The van der Waals surface area contributed by atoms with Gasteiger partial charge in [-0.1, -0.05) is 13.8 Å². The fourth-order valence-corrected chi connectivity index (χ4v) is 2.37. The number of aryl methyl sites for hydroxylation is 1. The van der Waals surface area contributed by atoms with E-state index < -0.39 is 0 Å². The number of nitrogens with zero attached hydrogens (tertiary/aromatic N) is 2. The van der Waals surface area contributed by atoms with E-state index in [2.05, 4.69) is 43.2 Å². The summed E-state index contributed by atoms with van der Waals surface area (Å²) >= 11 is 0. The number of hydrogen-bond donors (Lipinski definition) is 1. The highest BCUT2D eigenvalue weighted by Crippen LogP contribution is 2.09. The smallest absolute Gasteiger partial charge is 0.223 e. The van der Waals surface area contributed by atoms with Gasteiger partial charge in [0.05, 0.1) is 5.69 Å². The summed E-state index contributed by atoms with van der Waals surface area (Å²) < 4.78 is 2.02. The zero-order valence-corrected chi connectivity index (χ0v) is 12.5. The number of pyridine rings is 1. The Balaban J connectivity index is 1.91. The van der Waals surface area contributed by atoms with Crippen LogP contribution in [-0.2, 0) is 11.2 Å². The molecule has 0 atom stereocenters. The summed E-state index contributed by atoms with van der Waals surface area (Å²) in [6.45, 7) is 6.82. The average molecular weight is 273 g/mol. The quantitative estimate of drug-likeness (QED) is 0.879. The maximum Gasteiger partial charge on any atom is 0.223 e. The van der Waals surface area contributed by atoms with Crippen LogP contribution in [0.25, 0.3) is 5.65 Å². The molecule has 4 nitrogen and oxygen atoms in total. The fraction of sp³-hybridized carbons (Fsp3) is 0.500. The Morgan fingerprint density at radius 2 is 2.15 bits per heavy atom. The first-order valence-electron chi connectivity index (χ1n) is 7.36. The summed E-state index contributed by atoms with van der Waals surface area (Å²) in [6, 6.07) is 4.12. The van der Waals surface area contributed by atoms with Crippen molar-refractivity contribution in [2.24, 2.45) is 5.92 Å². The van der Waals surface area contributed by atoms with E-state index in [0.29, 0.717) is 6.54 Å². The van der Waals surface area contributed by atoms with Crippen molar-refractivity contribution in [2.45, 2.75) is 40.0 Å². The lowest BCUT2D eigenvalue weighted by atomic mass is 10.0. The Kier molecular flexibility index (Phi) is 4.77. The number of amides is 1. The summed E-state index contributed by atoms with van der Waals surface area (Å²) in [4.78, 5) is 16.4. The van der Waals surface area contributed by atoms with Gasteiger partial charge >= 0.3 is 0 Å². The predicted molar refractivity (Wildman–Crippen MR) is 80.7 cm³/mol. The van der Waals surface area contributed by atoms with Crippen LogP contribution in [0.1, 0.15) is 37.9 Å². The number of imidazole rings is 1. The normalized spacial score (nSPS) is 11.2. The van der Waals surface area contributed by atoms with E-state index in [-0.39, 0.29) is 11.8 Å². The molecule has 0 aliphatic rings. The predicted octanol–water partition coefficient (Wildman–Crippen LogP) is 2.74. The number of carbonyl (C=O) groups is 1. The van der Waals surface area contributed by atoms with Crippen LogP contribution in [0.15, 0.2) is 24.5 Å². The topological polar surface area (TPSA) is 46.4 Å². The van der Waals surface area contributed by atoms with E-state index in [9.17, 15) is 4.79 Å². The van der Waals surface area contributed by atoms with Crippen molar-refractivity contribution in [3.63, 3.8) is 0 Å². The molecule has 2 aromatic heterocycles. The molecule has 0 radical (unpaired) electrons. The highest BCUT2D eigenvalue weighted by molar-refractivity contribution is 5.78. The van der Waals surface area contributed by atoms with Gasteiger partial charge < -0.3 is 9.72 Å². The van der Waals surface area contributed by atoms with Crippen LogP contribution >= 0.6 is 0 Å². The third kappa shape index (κ3) is 3.38. The molecule has 2 rings (SSSR count). The van der Waals surface area contributed by atoms with Crippen LogP contribution in [0, 0.1) is 12.8 Å². The second kappa shape index (κ2) is 6.55. The molecule has 0 fully saturated rings. The molecule has 0 saturated heterocycles. The average Bonchev–Trinajstić information content (AvgIpc) is 2.82. The molecular weight excluding hydrogens is 250 g/mol. The Labute approximate surface area is 120 Å². The van der Waals surface area contributed by atoms with E-state index in [1.165, 1.54) is 5.56 Å². The van der Waals surface area contributed by atoms with Crippen LogP contribution < -0.4 is 5.32 Å². The van der Waals surface area contributed by atoms with Crippen molar-refractivity contribution < 1.29 is 4.79 Å². The van der Waals surface area contributed by atoms with Gasteiger partial charge in [-0.25, -0.2) is 4.98 Å². The highest BCUT2D eigenvalue weighted by atomic mass is 16.1. The van der Waals surface area contributed by atoms with E-state index in [1.807, 2.05) is 16.8 Å². The third-order valence-electron chi connectivity index (χ3n) is 3.70. The van der Waals surface area contributed by atoms with Crippen molar-refractivity contribution in [3.05, 3.63) is 35.8 Å². The van der Waals surface area contributed by atoms with Crippen molar-refractivity contribution >= 4 is 11.6 Å². The molecule has 0 saturated carbocycles. The van der Waals surface area contributed by atoms with Crippen molar-refractivity contribution in [1.29, 1.82) is 0 Å². The van der Waals surface area contributed by atoms with Crippen LogP contribution in [0.5, 0.6) is 0 Å². The molecule has 1 amide bonds. The second-order valence-corrected chi connectivity index (χ2v) is 5.26. The molecule has 0 spiro atoms. The number of nitrogens with one attached hydrogen (secondary N) is 1. The largest absolute Gasteiger partial charge is 0.355 e. The fourth-order valence-electron chi connectivity index (χ4n) is 2.37. The Morgan fingerprint density at radius 1 is 1.40 bits per heavy atom. The summed E-state index contributed by atoms with van der Waals surface area (Å²) in [7, 11) is 0. The molecule has 0 unspecified atom stereocenters. The summed E-state index contributed by atoms with van der Waals surface area (Å²) in [5.74, 6) is 0.299. The molecule has 0 aliphatic carbocycles. The van der Waals surface area contributed by atoms with Gasteiger partial charge in [0.25, 0.3) is 0 Å². The molecule has 2 aromatic rings. The molecule has 0 aliphatic heterocycles. The number of aromatic nitrogens is 2. The van der Waals surface area contributed by atoms with Crippen LogP contribution in [0.3, 0.4) is 0 Å². The standard InChI is InChI=1S/C16H23N3O/c1-4-13(5-2)16(20)17-8-6-14-11-19-9-7-12(3)10-15(19)18-14/h7,9-11,13H,4-6,8H2,1-3H3,(H,17,20). The summed E-state index contributed by atoms with van der Waals surface area (Å²) in [5, 5.41) is 3.00. The maximum atomic E-state index is 11.9. The molecule has 1 N–H and O–H groups in total. The van der Waals surface area contributed by atoms with Gasteiger partial charge in [0.2, 0.25) is 5.91 Å². The lowest BCUT2D eigenvalue weighted by molar-refractivity contribution is -0.125. The number of carbonyl (C=O) groups excluding carboxylic acids is 1. The first-order chi connectivity index (χ1) is 9.63. The number of rotatable bonds is 6. The molecule has 108 valence electrons. The second-order valence-electron chi connectivity index (χ2n) is 5.26. The van der Waals surface area contributed by atoms with Gasteiger partial charge in [-0.2, -0.15) is 0 Å². The minimum Gasteiger partial charge on any atom is -0.355 e. The number of fused-ring (bicyclic) bond motifs is 1. The lowest BCUT2D eigenvalue weighted by Gasteiger charge is -2.11. The SMILES string of the molecule is CCC(CC)C(=O)NCCc1cn2ccc(C)cc2n1. The zero-order valence-electron chi connectivity index (χ0n) is 12.5. The van der Waals surface area contributed by atoms with Crippen LogP contribution in [0.4, 0.5) is 0 Å². The molecule has 4 heteroatoms. The molecule has 20 heavy (non-hydrogen) atoms. The van der Waals surface area contributed by atoms with Crippen molar-refractivity contribution in [3.8, 4) is 0 Å². The van der Waals surface area contributed by atoms with Gasteiger partial charge in [-0.05, 0) is 37.5 Å². The first-order valence-corrected chi connectivity index (χ1v) is 7.36. The summed E-state index contributed by atoms with van der Waals surface area (Å²) in [5.41, 5.74) is 3.18. The van der Waals surface area contributed by atoms with E-state index >= 15 is 0 Å². The maximum absolute atomic E-state index is 11.9. The molecular formula is C16H23N3O. The van der Waals surface area contributed by atoms with E-state index in [1.54, 1.807) is 0 Å². The zero-order chi connectivity index (χ0) is 14.5.